The Bertz CT molecular complexity index is 626. The molecule has 2 amide bonds. The monoisotopic (exact) mass is 302 g/mol. The lowest BCUT2D eigenvalue weighted by Crippen LogP contribution is -2.48. The van der Waals surface area contributed by atoms with Gasteiger partial charge in [0.15, 0.2) is 0 Å². The van der Waals surface area contributed by atoms with Gasteiger partial charge in [0.05, 0.1) is 5.88 Å². The van der Waals surface area contributed by atoms with Gasteiger partial charge in [0.1, 0.15) is 6.04 Å². The van der Waals surface area contributed by atoms with E-state index in [-0.39, 0.29) is 23.3 Å². The summed E-state index contributed by atoms with van der Waals surface area (Å²) in [4.78, 5) is 28.3. The largest absolute Gasteiger partial charge is 0.321 e. The molecule has 3 aliphatic rings. The lowest BCUT2D eigenvalue weighted by Gasteiger charge is -2.27. The number of para-hydroxylation sites is 1. The predicted octanol–water partition coefficient (Wildman–Crippen LogP) is 1.99. The minimum absolute atomic E-state index is 0.00744. The maximum absolute atomic E-state index is 13.0. The number of fused-ring (bicyclic) bond motifs is 2. The molecule has 1 aromatic rings. The number of hydrogen-bond acceptors (Lipinski definition) is 3. The van der Waals surface area contributed by atoms with Crippen LogP contribution >= 0.6 is 11.8 Å². The van der Waals surface area contributed by atoms with Crippen molar-refractivity contribution >= 4 is 29.3 Å². The fourth-order valence-electron chi connectivity index (χ4n) is 3.54. The predicted molar refractivity (Wildman–Crippen MR) is 83.3 cm³/mol. The Morgan fingerprint density at radius 2 is 2.05 bits per heavy atom. The molecule has 0 radical (unpaired) electrons. The van der Waals surface area contributed by atoms with Gasteiger partial charge in [-0.1, -0.05) is 18.2 Å². The fraction of sp³-hybridized carbons (Fsp3) is 0.500. The summed E-state index contributed by atoms with van der Waals surface area (Å²) in [6.45, 7) is 2.34. The van der Waals surface area contributed by atoms with E-state index in [0.717, 1.165) is 12.2 Å². The van der Waals surface area contributed by atoms with Crippen LogP contribution < -0.4 is 4.90 Å². The Balaban J connectivity index is 1.66. The van der Waals surface area contributed by atoms with Gasteiger partial charge in [-0.25, -0.2) is 0 Å². The third kappa shape index (κ3) is 1.90. The molecule has 2 fully saturated rings. The Kier molecular flexibility index (Phi) is 2.83. The van der Waals surface area contributed by atoms with Crippen molar-refractivity contribution < 1.29 is 9.59 Å². The summed E-state index contributed by atoms with van der Waals surface area (Å²) in [5, 5.41) is 0. The van der Waals surface area contributed by atoms with E-state index < -0.39 is 0 Å². The molecule has 1 saturated carbocycles. The van der Waals surface area contributed by atoms with Crippen molar-refractivity contribution in [3.05, 3.63) is 29.8 Å². The van der Waals surface area contributed by atoms with Crippen LogP contribution in [0.1, 0.15) is 25.3 Å². The van der Waals surface area contributed by atoms with Crippen molar-refractivity contribution in [2.45, 2.75) is 31.2 Å². The number of amides is 2. The van der Waals surface area contributed by atoms with E-state index in [0.29, 0.717) is 11.6 Å². The molecule has 1 unspecified atom stereocenters. The van der Waals surface area contributed by atoms with E-state index in [4.69, 9.17) is 0 Å². The number of carbonyl (C=O) groups excluding carboxylic acids is 2. The minimum Gasteiger partial charge on any atom is -0.321 e. The van der Waals surface area contributed by atoms with Crippen LogP contribution in [-0.2, 0) is 15.0 Å². The highest BCUT2D eigenvalue weighted by atomic mass is 32.2. The number of nitrogens with zero attached hydrogens (tertiary/aromatic N) is 2. The van der Waals surface area contributed by atoms with Crippen molar-refractivity contribution in [3.63, 3.8) is 0 Å². The molecule has 2 heterocycles. The highest BCUT2D eigenvalue weighted by Crippen LogP contribution is 2.56. The van der Waals surface area contributed by atoms with Gasteiger partial charge >= 0.3 is 0 Å². The SMILES string of the molecule is CC(=O)N1CSCC1C(=O)N1CC2(CC2)c2ccccc21. The topological polar surface area (TPSA) is 40.6 Å². The van der Waals surface area contributed by atoms with Gasteiger partial charge in [-0.2, -0.15) is 0 Å². The van der Waals surface area contributed by atoms with Crippen LogP contribution in [0.15, 0.2) is 24.3 Å². The molecule has 110 valence electrons. The highest BCUT2D eigenvalue weighted by Gasteiger charge is 2.53. The molecular formula is C16H18N2O2S. The molecule has 1 aromatic carbocycles. The van der Waals surface area contributed by atoms with E-state index in [1.54, 1.807) is 23.6 Å². The Labute approximate surface area is 128 Å². The number of thioether (sulfide) groups is 1. The lowest BCUT2D eigenvalue weighted by atomic mass is 9.99. The summed E-state index contributed by atoms with van der Waals surface area (Å²) >= 11 is 1.66. The first-order chi connectivity index (χ1) is 10.1. The van der Waals surface area contributed by atoms with Gasteiger partial charge in [0.25, 0.3) is 5.91 Å². The van der Waals surface area contributed by atoms with Crippen LogP contribution in [0.3, 0.4) is 0 Å². The van der Waals surface area contributed by atoms with Gasteiger partial charge in [-0.3, -0.25) is 9.59 Å². The standard InChI is InChI=1S/C16H18N2O2S/c1-11(19)18-10-21-8-14(18)15(20)17-9-16(6-7-16)12-4-2-3-5-13(12)17/h2-5,14H,6-10H2,1H3. The van der Waals surface area contributed by atoms with Crippen LogP contribution in [0.2, 0.25) is 0 Å². The molecule has 0 aromatic heterocycles. The number of rotatable bonds is 1. The van der Waals surface area contributed by atoms with Crippen LogP contribution in [0.4, 0.5) is 5.69 Å². The van der Waals surface area contributed by atoms with E-state index in [2.05, 4.69) is 12.1 Å². The number of anilines is 1. The first-order valence-corrected chi connectivity index (χ1v) is 8.54. The van der Waals surface area contributed by atoms with Gasteiger partial charge < -0.3 is 9.80 Å². The molecule has 0 N–H and O–H groups in total. The van der Waals surface area contributed by atoms with E-state index in [9.17, 15) is 9.59 Å². The molecule has 1 spiro atoms. The van der Waals surface area contributed by atoms with Crippen molar-refractivity contribution in [2.75, 3.05) is 23.1 Å². The minimum atomic E-state index is -0.297. The average Bonchev–Trinajstić information content (AvgIpc) is 2.97. The second kappa shape index (κ2) is 4.50. The zero-order valence-corrected chi connectivity index (χ0v) is 12.9. The first-order valence-electron chi connectivity index (χ1n) is 7.38. The molecule has 0 bridgehead atoms. The van der Waals surface area contributed by atoms with Crippen LogP contribution in [-0.4, -0.2) is 40.9 Å². The molecule has 4 nitrogen and oxygen atoms in total. The lowest BCUT2D eigenvalue weighted by molar-refractivity contribution is -0.135. The maximum atomic E-state index is 13.0. The summed E-state index contributed by atoms with van der Waals surface area (Å²) in [7, 11) is 0. The highest BCUT2D eigenvalue weighted by molar-refractivity contribution is 7.99. The Morgan fingerprint density at radius 3 is 2.76 bits per heavy atom. The summed E-state index contributed by atoms with van der Waals surface area (Å²) in [6, 6.07) is 7.95. The van der Waals surface area contributed by atoms with Crippen LogP contribution in [0, 0.1) is 0 Å². The van der Waals surface area contributed by atoms with Crippen molar-refractivity contribution in [2.24, 2.45) is 0 Å². The fourth-order valence-corrected chi connectivity index (χ4v) is 4.75. The number of carbonyl (C=O) groups is 2. The Morgan fingerprint density at radius 1 is 1.29 bits per heavy atom. The van der Waals surface area contributed by atoms with Gasteiger partial charge in [0.2, 0.25) is 5.91 Å². The molecule has 2 aliphatic heterocycles. The van der Waals surface area contributed by atoms with E-state index >= 15 is 0 Å². The summed E-state index contributed by atoms with van der Waals surface area (Å²) in [5.41, 5.74) is 2.58. The molecule has 1 saturated heterocycles. The summed E-state index contributed by atoms with van der Waals surface area (Å²) in [5.74, 6) is 1.43. The molecule has 4 rings (SSSR count). The normalized spacial score (nSPS) is 25.3. The van der Waals surface area contributed by atoms with Crippen molar-refractivity contribution in [3.8, 4) is 0 Å². The van der Waals surface area contributed by atoms with Gasteiger partial charge in [0, 0.05) is 30.3 Å². The van der Waals surface area contributed by atoms with Crippen molar-refractivity contribution in [1.29, 1.82) is 0 Å². The average molecular weight is 302 g/mol. The Hall–Kier alpha value is -1.49. The van der Waals surface area contributed by atoms with Crippen molar-refractivity contribution in [1.82, 2.24) is 4.90 Å². The second-order valence-electron chi connectivity index (χ2n) is 6.23. The van der Waals surface area contributed by atoms with Gasteiger partial charge in [-0.15, -0.1) is 11.8 Å². The third-order valence-corrected chi connectivity index (χ3v) is 5.93. The smallest absolute Gasteiger partial charge is 0.250 e. The van der Waals surface area contributed by atoms with E-state index in [1.165, 1.54) is 18.4 Å². The third-order valence-electron chi connectivity index (χ3n) is 4.92. The zero-order chi connectivity index (χ0) is 14.6. The molecule has 1 atom stereocenters. The zero-order valence-electron chi connectivity index (χ0n) is 12.0. The maximum Gasteiger partial charge on any atom is 0.250 e. The van der Waals surface area contributed by atoms with Gasteiger partial charge in [-0.05, 0) is 24.5 Å². The molecule has 1 aliphatic carbocycles. The summed E-state index contributed by atoms with van der Waals surface area (Å²) < 4.78 is 0. The molecular weight excluding hydrogens is 284 g/mol. The van der Waals surface area contributed by atoms with Crippen LogP contribution in [0.25, 0.3) is 0 Å². The number of benzene rings is 1. The quantitative estimate of drug-likeness (QED) is 0.796. The molecule has 21 heavy (non-hydrogen) atoms. The van der Waals surface area contributed by atoms with Crippen LogP contribution in [0.5, 0.6) is 0 Å². The van der Waals surface area contributed by atoms with E-state index in [1.807, 2.05) is 17.0 Å². The second-order valence-corrected chi connectivity index (χ2v) is 7.23. The summed E-state index contributed by atoms with van der Waals surface area (Å²) in [6.07, 6.45) is 2.34. The molecule has 5 heteroatoms. The number of hydrogen-bond donors (Lipinski definition) is 0. The first kappa shape index (κ1) is 13.2.